The number of nitrogens with zero attached hydrogens (tertiary/aromatic N) is 1. The van der Waals surface area contributed by atoms with Gasteiger partial charge in [-0.3, -0.25) is 10.1 Å². The van der Waals surface area contributed by atoms with Gasteiger partial charge in [0.05, 0.1) is 4.92 Å². The van der Waals surface area contributed by atoms with Gasteiger partial charge in [0.2, 0.25) is 5.82 Å². The molecule has 2 N–H and O–H groups in total. The number of hydrogen-bond acceptors (Lipinski definition) is 3. The minimum atomic E-state index is -0.747. The van der Waals surface area contributed by atoms with Crippen molar-refractivity contribution < 1.29 is 9.31 Å². The predicted octanol–water partition coefficient (Wildman–Crippen LogP) is 2.19. The molecule has 0 aliphatic carbocycles. The molecule has 82 valence electrons. The molecule has 0 aliphatic rings. The van der Waals surface area contributed by atoms with E-state index in [0.29, 0.717) is 18.5 Å². The van der Waals surface area contributed by atoms with E-state index in [2.05, 4.69) is 0 Å². The molecule has 0 fully saturated rings. The second-order valence-corrected chi connectivity index (χ2v) is 3.42. The summed E-state index contributed by atoms with van der Waals surface area (Å²) < 4.78 is 13.6. The van der Waals surface area contributed by atoms with Gasteiger partial charge in [-0.15, -0.1) is 0 Å². The van der Waals surface area contributed by atoms with Gasteiger partial charge in [-0.05, 0) is 24.4 Å². The number of hydrogen-bond donors (Lipinski definition) is 1. The van der Waals surface area contributed by atoms with E-state index in [9.17, 15) is 14.5 Å². The summed E-state index contributed by atoms with van der Waals surface area (Å²) in [4.78, 5) is 9.78. The highest BCUT2D eigenvalue weighted by Gasteiger charge is 2.19. The summed E-state index contributed by atoms with van der Waals surface area (Å²) in [6, 6.07) is 4.21. The lowest BCUT2D eigenvalue weighted by atomic mass is 9.97. The first-order valence-corrected chi connectivity index (χ1v) is 4.70. The first kappa shape index (κ1) is 11.6. The van der Waals surface area contributed by atoms with Gasteiger partial charge < -0.3 is 5.73 Å². The molecular formula is C10H13FN2O2. The minimum absolute atomic E-state index is 0.102. The highest BCUT2D eigenvalue weighted by molar-refractivity contribution is 5.38. The summed E-state index contributed by atoms with van der Waals surface area (Å²) in [5, 5.41) is 10.5. The largest absolute Gasteiger partial charge is 0.330 e. The van der Waals surface area contributed by atoms with Crippen molar-refractivity contribution in [1.29, 1.82) is 0 Å². The third kappa shape index (κ3) is 2.50. The molecule has 0 spiro atoms. The molecule has 0 heterocycles. The summed E-state index contributed by atoms with van der Waals surface area (Å²) in [5.74, 6) is -0.849. The van der Waals surface area contributed by atoms with Gasteiger partial charge in [0.1, 0.15) is 0 Å². The van der Waals surface area contributed by atoms with Crippen LogP contribution in [0.2, 0.25) is 0 Å². The molecule has 1 rings (SSSR count). The fourth-order valence-corrected chi connectivity index (χ4v) is 1.46. The Balaban J connectivity index is 3.09. The van der Waals surface area contributed by atoms with Crippen LogP contribution in [0.4, 0.5) is 10.1 Å². The second kappa shape index (κ2) is 4.84. The van der Waals surface area contributed by atoms with Crippen LogP contribution in [0.15, 0.2) is 18.2 Å². The molecule has 0 aliphatic heterocycles. The summed E-state index contributed by atoms with van der Waals surface area (Å²) in [6.45, 7) is 2.23. The van der Waals surface area contributed by atoms with E-state index in [1.165, 1.54) is 6.07 Å². The zero-order valence-corrected chi connectivity index (χ0v) is 8.44. The normalized spacial score (nSPS) is 12.5. The fraction of sp³-hybridized carbons (Fsp3) is 0.400. The third-order valence-electron chi connectivity index (χ3n) is 2.34. The third-order valence-corrected chi connectivity index (χ3v) is 2.34. The maximum Gasteiger partial charge on any atom is 0.305 e. The van der Waals surface area contributed by atoms with Crippen molar-refractivity contribution in [2.75, 3.05) is 6.54 Å². The van der Waals surface area contributed by atoms with Crippen LogP contribution in [0.3, 0.4) is 0 Å². The smallest absolute Gasteiger partial charge is 0.305 e. The number of benzene rings is 1. The maximum absolute atomic E-state index is 13.6. The number of nitro benzene ring substituents is 1. The standard InChI is InChI=1S/C10H13FN2O2/c1-7(5-6-12)8-3-2-4-9(10(8)11)13(14)15/h2-4,7H,5-6,12H2,1H3. The van der Waals surface area contributed by atoms with E-state index in [0.717, 1.165) is 6.07 Å². The Labute approximate surface area is 87.0 Å². The maximum atomic E-state index is 13.6. The van der Waals surface area contributed by atoms with Crippen LogP contribution in [0.1, 0.15) is 24.8 Å². The minimum Gasteiger partial charge on any atom is -0.330 e. The Morgan fingerprint density at radius 3 is 2.80 bits per heavy atom. The van der Waals surface area contributed by atoms with Crippen molar-refractivity contribution in [2.24, 2.45) is 5.73 Å². The highest BCUT2D eigenvalue weighted by Crippen LogP contribution is 2.27. The lowest BCUT2D eigenvalue weighted by molar-refractivity contribution is -0.387. The molecule has 4 nitrogen and oxygen atoms in total. The van der Waals surface area contributed by atoms with Crippen LogP contribution in [0, 0.1) is 15.9 Å². The monoisotopic (exact) mass is 212 g/mol. The van der Waals surface area contributed by atoms with Gasteiger partial charge in [-0.1, -0.05) is 19.1 Å². The Morgan fingerprint density at radius 1 is 1.60 bits per heavy atom. The topological polar surface area (TPSA) is 69.2 Å². The van der Waals surface area contributed by atoms with Crippen LogP contribution in [-0.2, 0) is 0 Å². The predicted molar refractivity (Wildman–Crippen MR) is 55.1 cm³/mol. The molecule has 0 amide bonds. The van der Waals surface area contributed by atoms with Crippen molar-refractivity contribution in [3.63, 3.8) is 0 Å². The quantitative estimate of drug-likeness (QED) is 0.614. The average Bonchev–Trinajstić information content (AvgIpc) is 2.17. The second-order valence-electron chi connectivity index (χ2n) is 3.42. The molecule has 0 radical (unpaired) electrons. The molecule has 0 aromatic heterocycles. The van der Waals surface area contributed by atoms with Gasteiger partial charge in [0.15, 0.2) is 0 Å². The number of rotatable bonds is 4. The van der Waals surface area contributed by atoms with Gasteiger partial charge in [0, 0.05) is 6.07 Å². The zero-order chi connectivity index (χ0) is 11.4. The number of nitrogens with two attached hydrogens (primary N) is 1. The Hall–Kier alpha value is -1.49. The van der Waals surface area contributed by atoms with Crippen molar-refractivity contribution in [2.45, 2.75) is 19.3 Å². The van der Waals surface area contributed by atoms with Gasteiger partial charge in [-0.25, -0.2) is 0 Å². The molecule has 0 bridgehead atoms. The van der Waals surface area contributed by atoms with Crippen molar-refractivity contribution in [1.82, 2.24) is 0 Å². The van der Waals surface area contributed by atoms with Crippen LogP contribution in [0.5, 0.6) is 0 Å². The van der Waals surface area contributed by atoms with E-state index in [1.807, 2.05) is 0 Å². The van der Waals surface area contributed by atoms with E-state index < -0.39 is 16.4 Å². The van der Waals surface area contributed by atoms with E-state index >= 15 is 0 Å². The van der Waals surface area contributed by atoms with E-state index in [-0.39, 0.29) is 5.92 Å². The van der Waals surface area contributed by atoms with Crippen molar-refractivity contribution >= 4 is 5.69 Å². The highest BCUT2D eigenvalue weighted by atomic mass is 19.1. The van der Waals surface area contributed by atoms with Crippen molar-refractivity contribution in [3.8, 4) is 0 Å². The Kier molecular flexibility index (Phi) is 3.74. The molecule has 1 aromatic rings. The Bertz CT molecular complexity index is 368. The molecule has 0 saturated carbocycles. The van der Waals surface area contributed by atoms with E-state index in [1.54, 1.807) is 13.0 Å². The van der Waals surface area contributed by atoms with Gasteiger partial charge in [-0.2, -0.15) is 4.39 Å². The molecule has 0 saturated heterocycles. The summed E-state index contributed by atoms with van der Waals surface area (Å²) in [5.41, 5.74) is 5.24. The number of halogens is 1. The number of nitro groups is 1. The molecule has 1 unspecified atom stereocenters. The summed E-state index contributed by atoms with van der Waals surface area (Å²) >= 11 is 0. The Morgan fingerprint density at radius 2 is 2.27 bits per heavy atom. The first-order valence-electron chi connectivity index (χ1n) is 4.70. The molecule has 1 atom stereocenters. The van der Waals surface area contributed by atoms with Crippen molar-refractivity contribution in [3.05, 3.63) is 39.7 Å². The lowest BCUT2D eigenvalue weighted by Gasteiger charge is -2.10. The SMILES string of the molecule is CC(CCN)c1cccc([N+](=O)[O-])c1F. The molecule has 15 heavy (non-hydrogen) atoms. The van der Waals surface area contributed by atoms with Gasteiger partial charge in [0.25, 0.3) is 0 Å². The molecule has 1 aromatic carbocycles. The summed E-state index contributed by atoms with van der Waals surface area (Å²) in [6.07, 6.45) is 0.609. The van der Waals surface area contributed by atoms with Crippen LogP contribution < -0.4 is 5.73 Å². The fourth-order valence-electron chi connectivity index (χ4n) is 1.46. The zero-order valence-electron chi connectivity index (χ0n) is 8.44. The first-order chi connectivity index (χ1) is 7.07. The summed E-state index contributed by atoms with van der Waals surface area (Å²) in [7, 11) is 0. The van der Waals surface area contributed by atoms with Crippen LogP contribution in [-0.4, -0.2) is 11.5 Å². The van der Waals surface area contributed by atoms with E-state index in [4.69, 9.17) is 5.73 Å². The molecular weight excluding hydrogens is 199 g/mol. The van der Waals surface area contributed by atoms with Gasteiger partial charge >= 0.3 is 5.69 Å². The molecule has 5 heteroatoms. The average molecular weight is 212 g/mol. The van der Waals surface area contributed by atoms with Crippen LogP contribution in [0.25, 0.3) is 0 Å². The lowest BCUT2D eigenvalue weighted by Crippen LogP contribution is -2.07. The van der Waals surface area contributed by atoms with Crippen LogP contribution >= 0.6 is 0 Å².